The number of rotatable bonds is 5. The van der Waals surface area contributed by atoms with Crippen LogP contribution in [0, 0.1) is 5.82 Å². The normalized spacial score (nSPS) is 10.3. The average molecular weight is 273 g/mol. The maximum atomic E-state index is 13.9. The second-order valence-electron chi connectivity index (χ2n) is 4.27. The molecule has 0 atom stereocenters. The molecule has 0 fully saturated rings. The Morgan fingerprint density at radius 1 is 1.20 bits per heavy atom. The fourth-order valence-corrected chi connectivity index (χ4v) is 1.88. The zero-order valence-electron chi connectivity index (χ0n) is 11.0. The molecular formula is C15H16FN3O. The van der Waals surface area contributed by atoms with E-state index in [0.717, 1.165) is 0 Å². The number of carbonyl (C=O) groups is 1. The van der Waals surface area contributed by atoms with Gasteiger partial charge in [0.15, 0.2) is 0 Å². The Hall–Kier alpha value is -2.27. The van der Waals surface area contributed by atoms with Crippen molar-refractivity contribution in [2.75, 3.05) is 18.0 Å². The summed E-state index contributed by atoms with van der Waals surface area (Å²) in [5, 5.41) is 0. The lowest BCUT2D eigenvalue weighted by atomic mass is 10.2. The molecule has 1 heterocycles. The third-order valence-corrected chi connectivity index (χ3v) is 2.86. The number of benzene rings is 1. The van der Waals surface area contributed by atoms with Gasteiger partial charge in [-0.1, -0.05) is 18.2 Å². The van der Waals surface area contributed by atoms with Crippen LogP contribution >= 0.6 is 0 Å². The van der Waals surface area contributed by atoms with Crippen LogP contribution in [0.15, 0.2) is 48.7 Å². The molecule has 2 aromatic rings. The largest absolute Gasteiger partial charge is 0.330 e. The van der Waals surface area contributed by atoms with E-state index in [2.05, 4.69) is 4.98 Å². The summed E-state index contributed by atoms with van der Waals surface area (Å²) < 4.78 is 13.9. The molecule has 0 radical (unpaired) electrons. The molecule has 1 aromatic carbocycles. The quantitative estimate of drug-likeness (QED) is 0.908. The monoisotopic (exact) mass is 273 g/mol. The highest BCUT2D eigenvalue weighted by molar-refractivity contribution is 6.04. The molecule has 104 valence electrons. The van der Waals surface area contributed by atoms with Gasteiger partial charge < -0.3 is 10.6 Å². The van der Waals surface area contributed by atoms with Gasteiger partial charge in [-0.2, -0.15) is 0 Å². The topological polar surface area (TPSA) is 59.2 Å². The smallest absolute Gasteiger partial charge is 0.276 e. The number of para-hydroxylation sites is 1. The number of aromatic nitrogens is 1. The SMILES string of the molecule is NCCCN(C(=O)c1ccccn1)c1ccccc1F. The van der Waals surface area contributed by atoms with Crippen molar-refractivity contribution in [3.05, 3.63) is 60.2 Å². The number of halogens is 1. The van der Waals surface area contributed by atoms with E-state index < -0.39 is 5.82 Å². The van der Waals surface area contributed by atoms with Crippen LogP contribution in [0.1, 0.15) is 16.9 Å². The second-order valence-corrected chi connectivity index (χ2v) is 4.27. The summed E-state index contributed by atoms with van der Waals surface area (Å²) in [6.07, 6.45) is 2.13. The third-order valence-electron chi connectivity index (χ3n) is 2.86. The van der Waals surface area contributed by atoms with Crippen molar-refractivity contribution in [1.82, 2.24) is 4.98 Å². The van der Waals surface area contributed by atoms with Gasteiger partial charge in [-0.3, -0.25) is 9.78 Å². The van der Waals surface area contributed by atoms with E-state index in [-0.39, 0.29) is 17.3 Å². The fourth-order valence-electron chi connectivity index (χ4n) is 1.88. The second kappa shape index (κ2) is 6.77. The molecule has 0 aliphatic carbocycles. The van der Waals surface area contributed by atoms with E-state index in [1.54, 1.807) is 36.4 Å². The van der Waals surface area contributed by atoms with Crippen molar-refractivity contribution in [3.63, 3.8) is 0 Å². The van der Waals surface area contributed by atoms with Gasteiger partial charge in [0.05, 0.1) is 5.69 Å². The minimum absolute atomic E-state index is 0.247. The molecule has 1 amide bonds. The molecule has 0 spiro atoms. The molecule has 2 N–H and O–H groups in total. The molecular weight excluding hydrogens is 257 g/mol. The van der Waals surface area contributed by atoms with Crippen molar-refractivity contribution in [2.24, 2.45) is 5.73 Å². The van der Waals surface area contributed by atoms with Crippen molar-refractivity contribution in [3.8, 4) is 0 Å². The van der Waals surface area contributed by atoms with Gasteiger partial charge in [0.1, 0.15) is 11.5 Å². The first-order valence-electron chi connectivity index (χ1n) is 6.41. The zero-order chi connectivity index (χ0) is 14.4. The first-order valence-corrected chi connectivity index (χ1v) is 6.41. The zero-order valence-corrected chi connectivity index (χ0v) is 11.0. The molecule has 20 heavy (non-hydrogen) atoms. The Labute approximate surface area is 117 Å². The highest BCUT2D eigenvalue weighted by atomic mass is 19.1. The number of hydrogen-bond acceptors (Lipinski definition) is 3. The lowest BCUT2D eigenvalue weighted by Gasteiger charge is -2.22. The summed E-state index contributed by atoms with van der Waals surface area (Å²) >= 11 is 0. The Morgan fingerprint density at radius 3 is 2.60 bits per heavy atom. The van der Waals surface area contributed by atoms with Gasteiger partial charge in [0.25, 0.3) is 5.91 Å². The van der Waals surface area contributed by atoms with Crippen molar-refractivity contribution >= 4 is 11.6 Å². The molecule has 0 aliphatic rings. The van der Waals surface area contributed by atoms with Gasteiger partial charge in [-0.15, -0.1) is 0 Å². The van der Waals surface area contributed by atoms with Gasteiger partial charge in [-0.05, 0) is 37.2 Å². The minimum Gasteiger partial charge on any atom is -0.330 e. The van der Waals surface area contributed by atoms with Crippen LogP contribution in [0.2, 0.25) is 0 Å². The molecule has 5 heteroatoms. The molecule has 2 rings (SSSR count). The molecule has 0 unspecified atom stereocenters. The maximum Gasteiger partial charge on any atom is 0.276 e. The number of nitrogens with zero attached hydrogens (tertiary/aromatic N) is 2. The van der Waals surface area contributed by atoms with E-state index in [4.69, 9.17) is 5.73 Å². The first-order chi connectivity index (χ1) is 9.74. The van der Waals surface area contributed by atoms with Crippen molar-refractivity contribution < 1.29 is 9.18 Å². The van der Waals surface area contributed by atoms with Gasteiger partial charge >= 0.3 is 0 Å². The Bertz CT molecular complexity index is 574. The summed E-state index contributed by atoms with van der Waals surface area (Å²) in [6.45, 7) is 0.785. The standard InChI is InChI=1S/C15H16FN3O/c16-12-6-1-2-8-14(12)19(11-5-9-17)15(20)13-7-3-4-10-18-13/h1-4,6-8,10H,5,9,11,17H2. The first kappa shape index (κ1) is 14.1. The number of anilines is 1. The number of carbonyl (C=O) groups excluding carboxylic acids is 1. The predicted octanol–water partition coefficient (Wildman–Crippen LogP) is 2.22. The van der Waals surface area contributed by atoms with Crippen molar-refractivity contribution in [2.45, 2.75) is 6.42 Å². The van der Waals surface area contributed by atoms with Gasteiger partial charge in [-0.25, -0.2) is 4.39 Å². The summed E-state index contributed by atoms with van der Waals surface area (Å²) in [5.41, 5.74) is 6.02. The maximum absolute atomic E-state index is 13.9. The summed E-state index contributed by atoms with van der Waals surface area (Å²) in [4.78, 5) is 17.9. The van der Waals surface area contributed by atoms with Crippen LogP contribution in [0.5, 0.6) is 0 Å². The van der Waals surface area contributed by atoms with Crippen LogP contribution in [0.25, 0.3) is 0 Å². The summed E-state index contributed by atoms with van der Waals surface area (Å²) in [5.74, 6) is -0.766. The Kier molecular flexibility index (Phi) is 4.79. The van der Waals surface area contributed by atoms with Crippen LogP contribution < -0.4 is 10.6 Å². The Morgan fingerprint density at radius 2 is 1.95 bits per heavy atom. The van der Waals surface area contributed by atoms with E-state index in [0.29, 0.717) is 19.5 Å². The number of hydrogen-bond donors (Lipinski definition) is 1. The molecule has 1 aromatic heterocycles. The van der Waals surface area contributed by atoms with Gasteiger partial charge in [0.2, 0.25) is 0 Å². The van der Waals surface area contributed by atoms with Crippen LogP contribution in [-0.4, -0.2) is 24.0 Å². The van der Waals surface area contributed by atoms with Crippen LogP contribution in [0.3, 0.4) is 0 Å². The highest BCUT2D eigenvalue weighted by Gasteiger charge is 2.20. The summed E-state index contributed by atoms with van der Waals surface area (Å²) in [7, 11) is 0. The summed E-state index contributed by atoms with van der Waals surface area (Å²) in [6, 6.07) is 11.2. The number of nitrogens with two attached hydrogens (primary N) is 1. The third kappa shape index (κ3) is 3.19. The van der Waals surface area contributed by atoms with E-state index in [9.17, 15) is 9.18 Å². The van der Waals surface area contributed by atoms with Crippen LogP contribution in [0.4, 0.5) is 10.1 Å². The fraction of sp³-hybridized carbons (Fsp3) is 0.200. The van der Waals surface area contributed by atoms with E-state index in [1.165, 1.54) is 17.2 Å². The Balaban J connectivity index is 2.33. The molecule has 0 bridgehead atoms. The van der Waals surface area contributed by atoms with Crippen LogP contribution in [-0.2, 0) is 0 Å². The van der Waals surface area contributed by atoms with Gasteiger partial charge in [0, 0.05) is 12.7 Å². The molecule has 0 saturated carbocycles. The average Bonchev–Trinajstić information content (AvgIpc) is 2.50. The number of pyridine rings is 1. The molecule has 0 aliphatic heterocycles. The lowest BCUT2D eigenvalue weighted by Crippen LogP contribution is -2.34. The van der Waals surface area contributed by atoms with E-state index >= 15 is 0 Å². The predicted molar refractivity (Wildman–Crippen MR) is 76.0 cm³/mol. The minimum atomic E-state index is -0.436. The van der Waals surface area contributed by atoms with Crippen molar-refractivity contribution in [1.29, 1.82) is 0 Å². The number of amides is 1. The molecule has 4 nitrogen and oxygen atoms in total. The highest BCUT2D eigenvalue weighted by Crippen LogP contribution is 2.20. The van der Waals surface area contributed by atoms with E-state index in [1.807, 2.05) is 0 Å². The molecule has 0 saturated heterocycles. The lowest BCUT2D eigenvalue weighted by molar-refractivity contribution is 0.0981.